The molecule has 0 radical (unpaired) electrons. The molecule has 1 aromatic heterocycles. The molecule has 6 heteroatoms. The van der Waals surface area contributed by atoms with E-state index in [4.69, 9.17) is 4.42 Å². The molecule has 2 aliphatic rings. The number of carbonyl (C=O) groups excluding carboxylic acids is 1. The highest BCUT2D eigenvalue weighted by molar-refractivity contribution is 9.11. The zero-order valence-corrected chi connectivity index (χ0v) is 15.8. The Kier molecular flexibility index (Phi) is 3.86. The lowest BCUT2D eigenvalue weighted by Gasteiger charge is -2.07. The van der Waals surface area contributed by atoms with Gasteiger partial charge in [0.1, 0.15) is 23.2 Å². The maximum absolute atomic E-state index is 12.4. The highest BCUT2D eigenvalue weighted by Crippen LogP contribution is 2.41. The van der Waals surface area contributed by atoms with Crippen LogP contribution in [0.25, 0.3) is 11.6 Å². The van der Waals surface area contributed by atoms with Crippen molar-refractivity contribution in [3.05, 3.63) is 49.3 Å². The molecule has 24 heavy (non-hydrogen) atoms. The van der Waals surface area contributed by atoms with Crippen molar-refractivity contribution in [2.45, 2.75) is 25.7 Å². The number of furan rings is 1. The Morgan fingerprint density at radius 3 is 2.83 bits per heavy atom. The van der Waals surface area contributed by atoms with Crippen LogP contribution in [0.15, 0.2) is 25.5 Å². The minimum atomic E-state index is -0.193. The summed E-state index contributed by atoms with van der Waals surface area (Å²) in [7, 11) is 0. The number of hydrogen-bond donors (Lipinski definition) is 1. The van der Waals surface area contributed by atoms with Gasteiger partial charge >= 0.3 is 0 Å². The van der Waals surface area contributed by atoms with Gasteiger partial charge in [0.2, 0.25) is 0 Å². The van der Waals surface area contributed by atoms with Gasteiger partial charge in [0.25, 0.3) is 5.91 Å². The van der Waals surface area contributed by atoms with E-state index < -0.39 is 0 Å². The monoisotopic (exact) mass is 446 g/mol. The van der Waals surface area contributed by atoms with Gasteiger partial charge in [0.15, 0.2) is 0 Å². The smallest absolute Gasteiger partial charge is 0.256 e. The summed E-state index contributed by atoms with van der Waals surface area (Å²) >= 11 is 6.92. The van der Waals surface area contributed by atoms with Gasteiger partial charge in [-0.25, -0.2) is 0 Å². The second-order valence-electron chi connectivity index (χ2n) is 5.88. The number of carbonyl (C=O) groups is 1. The molecule has 1 aliphatic carbocycles. The van der Waals surface area contributed by atoms with Crippen LogP contribution < -0.4 is 5.32 Å². The maximum atomic E-state index is 12.4. The van der Waals surface area contributed by atoms with Gasteiger partial charge in [-0.2, -0.15) is 5.26 Å². The minimum Gasteiger partial charge on any atom is -0.460 e. The molecule has 0 fully saturated rings. The first-order valence-electron chi connectivity index (χ1n) is 7.65. The maximum Gasteiger partial charge on any atom is 0.256 e. The van der Waals surface area contributed by atoms with Gasteiger partial charge in [0.05, 0.1) is 11.3 Å². The summed E-state index contributed by atoms with van der Waals surface area (Å²) in [6.07, 6.45) is 5.56. The van der Waals surface area contributed by atoms with Gasteiger partial charge in [-0.1, -0.05) is 15.9 Å². The standard InChI is InChI=1S/C18H12Br2N2O2/c19-9-5-11-12(18(23)22-17(11)14(20)6-9)7-16-13(8-21)10-3-1-2-4-15(10)24-16/h5-7H,1-4H2,(H,22,23). The summed E-state index contributed by atoms with van der Waals surface area (Å²) in [6, 6.07) is 6.02. The Hall–Kier alpha value is -1.84. The molecule has 0 unspecified atom stereocenters. The number of nitrogens with one attached hydrogen (secondary N) is 1. The summed E-state index contributed by atoms with van der Waals surface area (Å²) < 4.78 is 7.59. The molecule has 0 bridgehead atoms. The number of fused-ring (bicyclic) bond motifs is 2. The molecule has 1 aromatic carbocycles. The van der Waals surface area contributed by atoms with Crippen LogP contribution >= 0.6 is 31.9 Å². The largest absolute Gasteiger partial charge is 0.460 e. The van der Waals surface area contributed by atoms with Crippen molar-refractivity contribution < 1.29 is 9.21 Å². The zero-order valence-electron chi connectivity index (χ0n) is 12.6. The van der Waals surface area contributed by atoms with E-state index in [-0.39, 0.29) is 5.91 Å². The number of anilines is 1. The molecule has 120 valence electrons. The third-order valence-corrected chi connectivity index (χ3v) is 5.50. The molecule has 2 aromatic rings. The highest BCUT2D eigenvalue weighted by atomic mass is 79.9. The van der Waals surface area contributed by atoms with Crippen LogP contribution in [0, 0.1) is 11.3 Å². The first-order valence-corrected chi connectivity index (χ1v) is 9.24. The lowest BCUT2D eigenvalue weighted by Crippen LogP contribution is -2.03. The Labute approximate surface area is 155 Å². The predicted molar refractivity (Wildman–Crippen MR) is 98.4 cm³/mol. The Morgan fingerprint density at radius 1 is 1.25 bits per heavy atom. The first-order chi connectivity index (χ1) is 11.6. The van der Waals surface area contributed by atoms with Crippen molar-refractivity contribution in [3.63, 3.8) is 0 Å². The number of benzene rings is 1. The molecule has 2 heterocycles. The molecule has 0 saturated carbocycles. The van der Waals surface area contributed by atoms with Crippen LogP contribution in [0.5, 0.6) is 0 Å². The van der Waals surface area contributed by atoms with Gasteiger partial charge in [0, 0.05) is 26.5 Å². The SMILES string of the molecule is N#Cc1c(C=C2C(=O)Nc3c(Br)cc(Br)cc32)oc2c1CCCC2. The van der Waals surface area contributed by atoms with E-state index >= 15 is 0 Å². The molecule has 0 saturated heterocycles. The van der Waals surface area contributed by atoms with Gasteiger partial charge in [-0.05, 0) is 53.4 Å². The molecule has 0 atom stereocenters. The van der Waals surface area contributed by atoms with Crippen LogP contribution in [0.4, 0.5) is 5.69 Å². The van der Waals surface area contributed by atoms with Crippen LogP contribution in [0.3, 0.4) is 0 Å². The molecule has 1 N–H and O–H groups in total. The lowest BCUT2D eigenvalue weighted by atomic mass is 9.94. The average molecular weight is 448 g/mol. The zero-order chi connectivity index (χ0) is 16.8. The summed E-state index contributed by atoms with van der Waals surface area (Å²) in [6.45, 7) is 0. The summed E-state index contributed by atoms with van der Waals surface area (Å²) in [5.41, 5.74) is 3.61. The van der Waals surface area contributed by atoms with E-state index in [0.29, 0.717) is 16.9 Å². The lowest BCUT2D eigenvalue weighted by molar-refractivity contribution is -0.110. The first kappa shape index (κ1) is 15.7. The second kappa shape index (κ2) is 5.91. The van der Waals surface area contributed by atoms with Gasteiger partial charge < -0.3 is 9.73 Å². The van der Waals surface area contributed by atoms with Gasteiger partial charge in [-0.15, -0.1) is 0 Å². The molecule has 1 aliphatic heterocycles. The number of nitrogens with zero attached hydrogens (tertiary/aromatic N) is 1. The number of amides is 1. The van der Waals surface area contributed by atoms with E-state index in [9.17, 15) is 10.1 Å². The van der Waals surface area contributed by atoms with E-state index in [0.717, 1.165) is 57.2 Å². The topological polar surface area (TPSA) is 66.0 Å². The van der Waals surface area contributed by atoms with E-state index in [1.807, 2.05) is 12.1 Å². The third kappa shape index (κ3) is 2.43. The molecular weight excluding hydrogens is 436 g/mol. The van der Waals surface area contributed by atoms with Crippen molar-refractivity contribution in [2.75, 3.05) is 5.32 Å². The van der Waals surface area contributed by atoms with Crippen LogP contribution in [-0.4, -0.2) is 5.91 Å². The normalized spacial score (nSPS) is 17.4. The van der Waals surface area contributed by atoms with Crippen LogP contribution in [0.2, 0.25) is 0 Å². The van der Waals surface area contributed by atoms with Crippen LogP contribution in [-0.2, 0) is 17.6 Å². The number of halogens is 2. The number of nitriles is 1. The number of hydrogen-bond acceptors (Lipinski definition) is 3. The Balaban J connectivity index is 1.88. The molecular formula is C18H12Br2N2O2. The third-order valence-electron chi connectivity index (χ3n) is 4.41. The van der Waals surface area contributed by atoms with Crippen molar-refractivity contribution in [2.24, 2.45) is 0 Å². The predicted octanol–water partition coefficient (Wildman–Crippen LogP) is 5.05. The Morgan fingerprint density at radius 2 is 2.04 bits per heavy atom. The van der Waals surface area contributed by atoms with Crippen LogP contribution in [0.1, 0.15) is 41.1 Å². The number of aryl methyl sites for hydroxylation is 1. The van der Waals surface area contributed by atoms with Crippen molar-refractivity contribution >= 4 is 55.1 Å². The van der Waals surface area contributed by atoms with E-state index in [1.165, 1.54) is 0 Å². The van der Waals surface area contributed by atoms with Crippen molar-refractivity contribution in [3.8, 4) is 6.07 Å². The molecule has 4 rings (SSSR count). The van der Waals surface area contributed by atoms with E-state index in [1.54, 1.807) is 6.08 Å². The Bertz CT molecular complexity index is 951. The fourth-order valence-electron chi connectivity index (χ4n) is 3.30. The fraction of sp³-hybridized carbons (Fsp3) is 0.222. The van der Waals surface area contributed by atoms with Crippen molar-refractivity contribution in [1.29, 1.82) is 5.26 Å². The molecule has 0 spiro atoms. The highest BCUT2D eigenvalue weighted by Gasteiger charge is 2.29. The summed E-state index contributed by atoms with van der Waals surface area (Å²) in [5.74, 6) is 1.18. The van der Waals surface area contributed by atoms with Gasteiger partial charge in [-0.3, -0.25) is 4.79 Å². The molecule has 4 nitrogen and oxygen atoms in total. The van der Waals surface area contributed by atoms with E-state index in [2.05, 4.69) is 43.2 Å². The number of rotatable bonds is 1. The average Bonchev–Trinajstić information content (AvgIpc) is 3.06. The summed E-state index contributed by atoms with van der Waals surface area (Å²) in [4.78, 5) is 12.4. The minimum absolute atomic E-state index is 0.193. The quantitative estimate of drug-likeness (QED) is 0.622. The van der Waals surface area contributed by atoms with Crippen molar-refractivity contribution in [1.82, 2.24) is 0 Å². The summed E-state index contributed by atoms with van der Waals surface area (Å²) in [5, 5.41) is 12.4. The second-order valence-corrected chi connectivity index (χ2v) is 7.65. The molecule has 1 amide bonds. The fourth-order valence-corrected chi connectivity index (χ4v) is 4.63.